The normalized spacial score (nSPS) is 12.7. The molecular formula is C15H12ClN3O2S2. The van der Waals surface area contributed by atoms with Gasteiger partial charge in [0.1, 0.15) is 5.82 Å². The maximum atomic E-state index is 6.19. The number of benzene rings is 1. The van der Waals surface area contributed by atoms with Crippen LogP contribution in [0.2, 0.25) is 5.02 Å². The van der Waals surface area contributed by atoms with Crippen LogP contribution in [-0.4, -0.2) is 22.0 Å². The zero-order valence-corrected chi connectivity index (χ0v) is 14.3. The summed E-state index contributed by atoms with van der Waals surface area (Å²) in [6.45, 7) is 0.221. The first kappa shape index (κ1) is 14.9. The average Bonchev–Trinajstić information content (AvgIpc) is 3.27. The zero-order chi connectivity index (χ0) is 15.6. The Morgan fingerprint density at radius 2 is 2.30 bits per heavy atom. The van der Waals surface area contributed by atoms with Crippen LogP contribution in [0.5, 0.6) is 11.5 Å². The van der Waals surface area contributed by atoms with Crippen LogP contribution in [0.15, 0.2) is 34.8 Å². The number of nitrogens with one attached hydrogen (secondary N) is 1. The first-order valence-corrected chi connectivity index (χ1v) is 9.17. The van der Waals surface area contributed by atoms with Gasteiger partial charge >= 0.3 is 0 Å². The van der Waals surface area contributed by atoms with Gasteiger partial charge < -0.3 is 9.47 Å². The molecule has 5 nitrogen and oxygen atoms in total. The summed E-state index contributed by atoms with van der Waals surface area (Å²) in [5.41, 5.74) is 1.05. The molecule has 4 rings (SSSR count). The van der Waals surface area contributed by atoms with E-state index in [1.54, 1.807) is 23.1 Å². The van der Waals surface area contributed by atoms with Crippen LogP contribution in [0.3, 0.4) is 0 Å². The van der Waals surface area contributed by atoms with E-state index in [1.807, 2.05) is 18.2 Å². The molecule has 0 radical (unpaired) electrons. The standard InChI is InChI=1S/C15H12ClN3O2S2/c16-11-4-9(5-12-14(11)21-8-20-12)7-23-15-17-13(18-19-15)6-10-2-1-3-22-10/h1-5H,6-8H2,(H,17,18,19). The molecule has 0 spiro atoms. The Kier molecular flexibility index (Phi) is 4.15. The van der Waals surface area contributed by atoms with Gasteiger partial charge in [0.2, 0.25) is 11.9 Å². The van der Waals surface area contributed by atoms with Crippen molar-refractivity contribution in [1.82, 2.24) is 15.2 Å². The molecule has 0 atom stereocenters. The summed E-state index contributed by atoms with van der Waals surface area (Å²) in [4.78, 5) is 5.77. The van der Waals surface area contributed by atoms with Gasteiger partial charge in [-0.15, -0.1) is 16.4 Å². The average molecular weight is 366 g/mol. The highest BCUT2D eigenvalue weighted by Gasteiger charge is 2.18. The molecule has 23 heavy (non-hydrogen) atoms. The first-order valence-electron chi connectivity index (χ1n) is 6.92. The maximum absolute atomic E-state index is 6.19. The van der Waals surface area contributed by atoms with E-state index in [0.29, 0.717) is 22.3 Å². The van der Waals surface area contributed by atoms with Crippen LogP contribution < -0.4 is 9.47 Å². The Bertz CT molecular complexity index is 820. The Labute approximate surface area is 146 Å². The molecule has 0 unspecified atom stereocenters. The molecule has 0 saturated carbocycles. The lowest BCUT2D eigenvalue weighted by molar-refractivity contribution is 0.174. The van der Waals surface area contributed by atoms with E-state index < -0.39 is 0 Å². The molecule has 3 heterocycles. The smallest absolute Gasteiger partial charge is 0.231 e. The molecule has 0 bridgehead atoms. The number of aromatic amines is 1. The SMILES string of the molecule is Clc1cc(CSc2n[nH]c(Cc3cccs3)n2)cc2c1OCO2. The van der Waals surface area contributed by atoms with Gasteiger partial charge in [-0.25, -0.2) is 4.98 Å². The molecule has 3 aromatic rings. The van der Waals surface area contributed by atoms with Gasteiger partial charge in [0.25, 0.3) is 0 Å². The number of ether oxygens (including phenoxy) is 2. The number of H-pyrrole nitrogens is 1. The summed E-state index contributed by atoms with van der Waals surface area (Å²) in [5.74, 6) is 2.91. The minimum atomic E-state index is 0.221. The number of nitrogens with zero attached hydrogens (tertiary/aromatic N) is 2. The van der Waals surface area contributed by atoms with E-state index in [1.165, 1.54) is 4.88 Å². The third kappa shape index (κ3) is 3.31. The second-order valence-corrected chi connectivity index (χ2v) is 7.30. The van der Waals surface area contributed by atoms with Crippen molar-refractivity contribution < 1.29 is 9.47 Å². The predicted octanol–water partition coefficient (Wildman–Crippen LogP) is 4.13. The fraction of sp³-hybridized carbons (Fsp3) is 0.200. The quantitative estimate of drug-likeness (QED) is 0.689. The van der Waals surface area contributed by atoms with E-state index in [0.717, 1.165) is 23.0 Å². The Morgan fingerprint density at radius 3 is 3.17 bits per heavy atom. The summed E-state index contributed by atoms with van der Waals surface area (Å²) < 4.78 is 10.7. The number of fused-ring (bicyclic) bond motifs is 1. The Morgan fingerprint density at radius 1 is 1.35 bits per heavy atom. The molecule has 0 amide bonds. The van der Waals surface area contributed by atoms with E-state index in [9.17, 15) is 0 Å². The van der Waals surface area contributed by atoms with Crippen LogP contribution >= 0.6 is 34.7 Å². The molecule has 0 saturated heterocycles. The monoisotopic (exact) mass is 365 g/mol. The molecule has 118 valence electrons. The number of thiophene rings is 1. The van der Waals surface area contributed by atoms with Gasteiger partial charge in [0, 0.05) is 17.1 Å². The summed E-state index contributed by atoms with van der Waals surface area (Å²) >= 11 is 9.46. The Balaban J connectivity index is 1.41. The second-order valence-electron chi connectivity index (χ2n) is 4.92. The maximum Gasteiger partial charge on any atom is 0.231 e. The van der Waals surface area contributed by atoms with Crippen molar-refractivity contribution >= 4 is 34.7 Å². The third-order valence-electron chi connectivity index (χ3n) is 3.29. The highest BCUT2D eigenvalue weighted by Crippen LogP contribution is 2.40. The lowest BCUT2D eigenvalue weighted by atomic mass is 10.2. The lowest BCUT2D eigenvalue weighted by Crippen LogP contribution is -1.93. The molecule has 0 fully saturated rings. The van der Waals surface area contributed by atoms with Gasteiger partial charge in [-0.05, 0) is 29.1 Å². The fourth-order valence-corrected chi connectivity index (χ4v) is 4.00. The number of rotatable bonds is 5. The van der Waals surface area contributed by atoms with Crippen LogP contribution in [0.1, 0.15) is 16.3 Å². The second kappa shape index (κ2) is 6.43. The molecule has 1 aliphatic heterocycles. The number of aromatic nitrogens is 3. The molecule has 2 aromatic heterocycles. The number of halogens is 1. The van der Waals surface area contributed by atoms with E-state index in [-0.39, 0.29) is 6.79 Å². The summed E-state index contributed by atoms with van der Waals surface area (Å²) in [6, 6.07) is 7.96. The molecule has 1 N–H and O–H groups in total. The largest absolute Gasteiger partial charge is 0.454 e. The Hall–Kier alpha value is -1.70. The molecule has 0 aliphatic carbocycles. The van der Waals surface area contributed by atoms with Crippen LogP contribution in [-0.2, 0) is 12.2 Å². The van der Waals surface area contributed by atoms with Gasteiger partial charge in [-0.1, -0.05) is 29.4 Å². The highest BCUT2D eigenvalue weighted by molar-refractivity contribution is 7.98. The first-order chi connectivity index (χ1) is 11.3. The lowest BCUT2D eigenvalue weighted by Gasteiger charge is -2.03. The number of hydrogen-bond donors (Lipinski definition) is 1. The van der Waals surface area contributed by atoms with E-state index in [2.05, 4.69) is 26.6 Å². The molecule has 1 aliphatic rings. The zero-order valence-electron chi connectivity index (χ0n) is 11.9. The summed E-state index contributed by atoms with van der Waals surface area (Å²) in [7, 11) is 0. The van der Waals surface area contributed by atoms with Gasteiger partial charge in [0.05, 0.1) is 5.02 Å². The van der Waals surface area contributed by atoms with Crippen molar-refractivity contribution in [3.63, 3.8) is 0 Å². The number of hydrogen-bond acceptors (Lipinski definition) is 6. The third-order valence-corrected chi connectivity index (χ3v) is 5.36. The van der Waals surface area contributed by atoms with E-state index in [4.69, 9.17) is 21.1 Å². The highest BCUT2D eigenvalue weighted by atomic mass is 35.5. The molecular weight excluding hydrogens is 354 g/mol. The van der Waals surface area contributed by atoms with E-state index >= 15 is 0 Å². The van der Waals surface area contributed by atoms with Crippen molar-refractivity contribution in [2.45, 2.75) is 17.3 Å². The van der Waals surface area contributed by atoms with Crippen molar-refractivity contribution in [2.75, 3.05) is 6.79 Å². The van der Waals surface area contributed by atoms with Crippen molar-refractivity contribution in [3.05, 3.63) is 50.9 Å². The van der Waals surface area contributed by atoms with Crippen LogP contribution in [0.25, 0.3) is 0 Å². The van der Waals surface area contributed by atoms with Gasteiger partial charge in [-0.2, -0.15) is 0 Å². The van der Waals surface area contributed by atoms with Crippen LogP contribution in [0, 0.1) is 0 Å². The minimum Gasteiger partial charge on any atom is -0.454 e. The molecule has 1 aromatic carbocycles. The molecule has 8 heteroatoms. The predicted molar refractivity (Wildman–Crippen MR) is 90.6 cm³/mol. The van der Waals surface area contributed by atoms with Crippen molar-refractivity contribution in [1.29, 1.82) is 0 Å². The topological polar surface area (TPSA) is 60.0 Å². The van der Waals surface area contributed by atoms with Gasteiger partial charge in [0.15, 0.2) is 11.5 Å². The summed E-state index contributed by atoms with van der Waals surface area (Å²) in [5, 5.41) is 10.6. The van der Waals surface area contributed by atoms with Crippen molar-refractivity contribution in [2.24, 2.45) is 0 Å². The van der Waals surface area contributed by atoms with Crippen molar-refractivity contribution in [3.8, 4) is 11.5 Å². The van der Waals surface area contributed by atoms with Gasteiger partial charge in [-0.3, -0.25) is 5.10 Å². The number of thioether (sulfide) groups is 1. The van der Waals surface area contributed by atoms with Crippen LogP contribution in [0.4, 0.5) is 0 Å². The summed E-state index contributed by atoms with van der Waals surface area (Å²) in [6.07, 6.45) is 0.779. The minimum absolute atomic E-state index is 0.221. The fourth-order valence-electron chi connectivity index (χ4n) is 2.25.